The van der Waals surface area contributed by atoms with Gasteiger partial charge in [-0.05, 0) is 51.6 Å². The number of piperidine rings is 1. The summed E-state index contributed by atoms with van der Waals surface area (Å²) in [5, 5.41) is 6.72. The van der Waals surface area contributed by atoms with Crippen LogP contribution in [0.15, 0.2) is 16.0 Å². The minimum Gasteiger partial charge on any atom is -0.444 e. The second kappa shape index (κ2) is 6.00. The van der Waals surface area contributed by atoms with Crippen molar-refractivity contribution in [2.24, 2.45) is 5.41 Å². The molecule has 1 spiro atoms. The van der Waals surface area contributed by atoms with E-state index < -0.39 is 0 Å². The summed E-state index contributed by atoms with van der Waals surface area (Å²) in [5.74, 6) is 1.77. The summed E-state index contributed by atoms with van der Waals surface area (Å²) in [7, 11) is 0. The molecule has 1 N–H and O–H groups in total. The predicted molar refractivity (Wildman–Crippen MR) is 90.3 cm³/mol. The zero-order chi connectivity index (χ0) is 15.9. The van der Waals surface area contributed by atoms with E-state index in [9.17, 15) is 0 Å². The second-order valence-electron chi connectivity index (χ2n) is 6.91. The van der Waals surface area contributed by atoms with Gasteiger partial charge in [0.15, 0.2) is 0 Å². The van der Waals surface area contributed by atoms with E-state index in [4.69, 9.17) is 4.42 Å². The minimum atomic E-state index is 0.513. The molecule has 23 heavy (non-hydrogen) atoms. The predicted octanol–water partition coefficient (Wildman–Crippen LogP) is 2.89. The summed E-state index contributed by atoms with van der Waals surface area (Å²) in [5.41, 5.74) is 1.51. The highest BCUT2D eigenvalue weighted by atomic mass is 32.1. The van der Waals surface area contributed by atoms with Crippen molar-refractivity contribution in [1.29, 1.82) is 0 Å². The lowest BCUT2D eigenvalue weighted by Crippen LogP contribution is -2.35. The Morgan fingerprint density at radius 3 is 2.83 bits per heavy atom. The van der Waals surface area contributed by atoms with Gasteiger partial charge in [-0.25, -0.2) is 9.97 Å². The van der Waals surface area contributed by atoms with Crippen LogP contribution in [-0.2, 0) is 13.1 Å². The molecule has 1 saturated carbocycles. The van der Waals surface area contributed by atoms with Crippen LogP contribution in [0, 0.1) is 19.3 Å². The molecule has 0 amide bonds. The number of aromatic nitrogens is 2. The molecule has 5 nitrogen and oxygen atoms in total. The van der Waals surface area contributed by atoms with E-state index in [1.54, 1.807) is 11.3 Å². The van der Waals surface area contributed by atoms with Crippen LogP contribution in [0.1, 0.15) is 41.6 Å². The molecule has 1 saturated heterocycles. The average Bonchev–Trinajstić information content (AvgIpc) is 2.87. The maximum atomic E-state index is 5.84. The maximum absolute atomic E-state index is 5.84. The Kier molecular flexibility index (Phi) is 3.99. The van der Waals surface area contributed by atoms with Gasteiger partial charge >= 0.3 is 0 Å². The molecule has 0 bridgehead atoms. The fourth-order valence-corrected chi connectivity index (χ4v) is 4.51. The quantitative estimate of drug-likeness (QED) is 0.912. The molecular weight excluding hydrogens is 308 g/mol. The van der Waals surface area contributed by atoms with Crippen LogP contribution in [0.4, 0.5) is 0 Å². The Balaban J connectivity index is 1.52. The Morgan fingerprint density at radius 2 is 2.17 bits per heavy atom. The van der Waals surface area contributed by atoms with E-state index >= 15 is 0 Å². The SMILES string of the molecule is Cc1nc(CN(Cc2nccs2)C2CC23CCNCC3)oc1C. The van der Waals surface area contributed by atoms with Gasteiger partial charge in [0.2, 0.25) is 5.89 Å². The topological polar surface area (TPSA) is 54.2 Å². The fraction of sp³-hybridized carbons (Fsp3) is 0.647. The highest BCUT2D eigenvalue weighted by molar-refractivity contribution is 7.09. The molecule has 2 fully saturated rings. The smallest absolute Gasteiger partial charge is 0.208 e. The number of nitrogens with one attached hydrogen (secondary N) is 1. The summed E-state index contributed by atoms with van der Waals surface area (Å²) in [6, 6.07) is 0.640. The Labute approximate surface area is 141 Å². The van der Waals surface area contributed by atoms with Gasteiger partial charge in [0, 0.05) is 17.6 Å². The van der Waals surface area contributed by atoms with Gasteiger partial charge in [0.1, 0.15) is 10.8 Å². The lowest BCUT2D eigenvalue weighted by molar-refractivity contribution is 0.172. The zero-order valence-electron chi connectivity index (χ0n) is 13.8. The Bertz CT molecular complexity index is 641. The second-order valence-corrected chi connectivity index (χ2v) is 7.89. The van der Waals surface area contributed by atoms with Crippen molar-refractivity contribution in [2.45, 2.75) is 52.2 Å². The van der Waals surface area contributed by atoms with Crippen LogP contribution in [0.2, 0.25) is 0 Å². The van der Waals surface area contributed by atoms with Crippen LogP contribution in [-0.4, -0.2) is 34.0 Å². The molecule has 2 aromatic heterocycles. The van der Waals surface area contributed by atoms with E-state index in [-0.39, 0.29) is 0 Å². The lowest BCUT2D eigenvalue weighted by Gasteiger charge is -2.28. The largest absolute Gasteiger partial charge is 0.444 e. The minimum absolute atomic E-state index is 0.513. The number of thiazole rings is 1. The van der Waals surface area contributed by atoms with Crippen molar-refractivity contribution in [3.05, 3.63) is 33.9 Å². The zero-order valence-corrected chi connectivity index (χ0v) is 14.7. The van der Waals surface area contributed by atoms with Gasteiger partial charge in [0.05, 0.1) is 18.8 Å². The van der Waals surface area contributed by atoms with Crippen molar-refractivity contribution in [2.75, 3.05) is 13.1 Å². The van der Waals surface area contributed by atoms with Gasteiger partial charge in [-0.2, -0.15) is 0 Å². The number of oxazole rings is 1. The first-order chi connectivity index (χ1) is 11.2. The number of hydrogen-bond donors (Lipinski definition) is 1. The molecular formula is C17H24N4OS. The highest BCUT2D eigenvalue weighted by Gasteiger charge is 2.56. The molecule has 6 heteroatoms. The molecule has 1 aliphatic carbocycles. The third kappa shape index (κ3) is 3.07. The van der Waals surface area contributed by atoms with Crippen LogP contribution < -0.4 is 5.32 Å². The molecule has 124 valence electrons. The molecule has 0 radical (unpaired) electrons. The first-order valence-electron chi connectivity index (χ1n) is 8.42. The lowest BCUT2D eigenvalue weighted by atomic mass is 9.93. The highest BCUT2D eigenvalue weighted by Crippen LogP contribution is 2.56. The van der Waals surface area contributed by atoms with E-state index in [0.29, 0.717) is 11.5 Å². The van der Waals surface area contributed by atoms with E-state index in [0.717, 1.165) is 43.5 Å². The average molecular weight is 332 g/mol. The van der Waals surface area contributed by atoms with Crippen LogP contribution in [0.5, 0.6) is 0 Å². The van der Waals surface area contributed by atoms with Crippen LogP contribution in [0.3, 0.4) is 0 Å². The summed E-state index contributed by atoms with van der Waals surface area (Å²) in [6.07, 6.45) is 5.77. The van der Waals surface area contributed by atoms with Gasteiger partial charge < -0.3 is 9.73 Å². The molecule has 1 atom stereocenters. The molecule has 4 rings (SSSR count). The van der Waals surface area contributed by atoms with E-state index in [1.807, 2.05) is 20.0 Å². The van der Waals surface area contributed by atoms with Crippen molar-refractivity contribution < 1.29 is 4.42 Å². The molecule has 3 heterocycles. The number of nitrogens with zero attached hydrogens (tertiary/aromatic N) is 3. The molecule has 1 aliphatic heterocycles. The Morgan fingerprint density at radius 1 is 1.35 bits per heavy atom. The maximum Gasteiger partial charge on any atom is 0.208 e. The third-order valence-electron chi connectivity index (χ3n) is 5.42. The monoisotopic (exact) mass is 332 g/mol. The first-order valence-corrected chi connectivity index (χ1v) is 9.30. The molecule has 1 unspecified atom stereocenters. The van der Waals surface area contributed by atoms with Gasteiger partial charge in [0.25, 0.3) is 0 Å². The first kappa shape index (κ1) is 15.3. The van der Waals surface area contributed by atoms with E-state index in [2.05, 4.69) is 25.6 Å². The number of rotatable bonds is 5. The molecule has 2 aromatic rings. The van der Waals surface area contributed by atoms with Crippen molar-refractivity contribution in [1.82, 2.24) is 20.2 Å². The normalized spacial score (nSPS) is 22.8. The number of hydrogen-bond acceptors (Lipinski definition) is 6. The van der Waals surface area contributed by atoms with Gasteiger partial charge in [-0.15, -0.1) is 11.3 Å². The van der Waals surface area contributed by atoms with Crippen LogP contribution >= 0.6 is 11.3 Å². The van der Waals surface area contributed by atoms with Crippen molar-refractivity contribution >= 4 is 11.3 Å². The Hall–Kier alpha value is -1.24. The van der Waals surface area contributed by atoms with Crippen LogP contribution in [0.25, 0.3) is 0 Å². The third-order valence-corrected chi connectivity index (χ3v) is 6.18. The van der Waals surface area contributed by atoms with E-state index in [1.165, 1.54) is 24.3 Å². The summed E-state index contributed by atoms with van der Waals surface area (Å²) in [4.78, 5) is 11.6. The molecule has 0 aromatic carbocycles. The fourth-order valence-electron chi connectivity index (χ4n) is 3.87. The standard InChI is InChI=1S/C17H24N4OS/c1-12-13(2)22-15(20-12)10-21(11-16-19-7-8-23-16)14-9-17(14)3-5-18-6-4-17/h7-8,14,18H,3-6,9-11H2,1-2H3. The molecule has 2 aliphatic rings. The summed E-state index contributed by atoms with van der Waals surface area (Å²) in [6.45, 7) is 7.99. The van der Waals surface area contributed by atoms with Gasteiger partial charge in [-0.3, -0.25) is 4.90 Å². The van der Waals surface area contributed by atoms with Crippen molar-refractivity contribution in [3.8, 4) is 0 Å². The summed E-state index contributed by atoms with van der Waals surface area (Å²) < 4.78 is 5.84. The summed E-state index contributed by atoms with van der Waals surface area (Å²) >= 11 is 1.73. The number of aryl methyl sites for hydroxylation is 2. The van der Waals surface area contributed by atoms with Gasteiger partial charge in [-0.1, -0.05) is 0 Å². The van der Waals surface area contributed by atoms with Crippen molar-refractivity contribution in [3.63, 3.8) is 0 Å².